The fraction of sp³-hybridized carbons (Fsp3) is 0.556. The molecule has 0 saturated heterocycles. The van der Waals surface area contributed by atoms with Crippen LogP contribution in [-0.4, -0.2) is 25.7 Å². The van der Waals surface area contributed by atoms with Crippen LogP contribution in [-0.2, 0) is 19.1 Å². The molecule has 13 heavy (non-hydrogen) atoms. The molecule has 0 N–H and O–H groups in total. The fourth-order valence-electron chi connectivity index (χ4n) is 0.603. The number of ether oxygens (including phenoxy) is 2. The molecule has 0 radical (unpaired) electrons. The van der Waals surface area contributed by atoms with E-state index in [0.29, 0.717) is 6.61 Å². The summed E-state index contributed by atoms with van der Waals surface area (Å²) in [6, 6.07) is 0. The Morgan fingerprint density at radius 1 is 1.31 bits per heavy atom. The molecule has 0 aliphatic carbocycles. The lowest BCUT2D eigenvalue weighted by atomic mass is 10.3. The smallest absolute Gasteiger partial charge is 0.344 e. The number of hydrogen-bond donors (Lipinski definition) is 0. The first kappa shape index (κ1) is 11.7. The highest BCUT2D eigenvalue weighted by Gasteiger charge is 2.16. The van der Waals surface area contributed by atoms with Crippen LogP contribution < -0.4 is 0 Å². The van der Waals surface area contributed by atoms with Gasteiger partial charge in [0.05, 0.1) is 13.7 Å². The Hall–Kier alpha value is -1.32. The lowest BCUT2D eigenvalue weighted by Crippen LogP contribution is -2.16. The molecule has 74 valence electrons. The SMILES string of the molecule is C=C(C(=O)OC)C(=O)OCCCC. The summed E-state index contributed by atoms with van der Waals surface area (Å²) in [7, 11) is 1.19. The normalized spacial score (nSPS) is 9.08. The minimum Gasteiger partial charge on any atom is -0.465 e. The molecule has 0 aliphatic rings. The third kappa shape index (κ3) is 4.30. The van der Waals surface area contributed by atoms with Gasteiger partial charge in [-0.25, -0.2) is 9.59 Å². The highest BCUT2D eigenvalue weighted by atomic mass is 16.5. The number of carbonyl (C=O) groups is 2. The number of carbonyl (C=O) groups excluding carboxylic acids is 2. The number of esters is 2. The van der Waals surface area contributed by atoms with Gasteiger partial charge in [0.2, 0.25) is 0 Å². The zero-order valence-electron chi connectivity index (χ0n) is 7.96. The lowest BCUT2D eigenvalue weighted by molar-refractivity contribution is -0.145. The minimum atomic E-state index is -0.749. The number of rotatable bonds is 5. The Morgan fingerprint density at radius 2 is 1.92 bits per heavy atom. The second-order valence-corrected chi connectivity index (χ2v) is 2.46. The maximum atomic E-state index is 11.0. The van der Waals surface area contributed by atoms with Crippen molar-refractivity contribution in [3.8, 4) is 0 Å². The van der Waals surface area contributed by atoms with Crippen molar-refractivity contribution >= 4 is 11.9 Å². The van der Waals surface area contributed by atoms with E-state index >= 15 is 0 Å². The zero-order chi connectivity index (χ0) is 10.3. The molecule has 0 bridgehead atoms. The Morgan fingerprint density at radius 3 is 2.38 bits per heavy atom. The molecule has 0 heterocycles. The Balaban J connectivity index is 3.83. The molecule has 4 heteroatoms. The van der Waals surface area contributed by atoms with Gasteiger partial charge in [-0.2, -0.15) is 0 Å². The van der Waals surface area contributed by atoms with E-state index in [-0.39, 0.29) is 5.57 Å². The molecule has 0 aliphatic heterocycles. The van der Waals surface area contributed by atoms with Crippen LogP contribution in [0.4, 0.5) is 0 Å². The molecular formula is C9H14O4. The van der Waals surface area contributed by atoms with Crippen molar-refractivity contribution in [3.63, 3.8) is 0 Å². The van der Waals surface area contributed by atoms with Crippen molar-refractivity contribution in [2.75, 3.05) is 13.7 Å². The van der Waals surface area contributed by atoms with Crippen molar-refractivity contribution in [1.29, 1.82) is 0 Å². The molecule has 0 rings (SSSR count). The molecule has 0 aromatic rings. The summed E-state index contributed by atoms with van der Waals surface area (Å²) < 4.78 is 9.03. The van der Waals surface area contributed by atoms with E-state index in [4.69, 9.17) is 4.74 Å². The van der Waals surface area contributed by atoms with Gasteiger partial charge in [-0.1, -0.05) is 19.9 Å². The monoisotopic (exact) mass is 186 g/mol. The molecule has 4 nitrogen and oxygen atoms in total. The largest absolute Gasteiger partial charge is 0.465 e. The number of hydrogen-bond acceptors (Lipinski definition) is 4. The first-order chi connectivity index (χ1) is 6.13. The topological polar surface area (TPSA) is 52.6 Å². The van der Waals surface area contributed by atoms with Crippen LogP contribution in [0.25, 0.3) is 0 Å². The fourth-order valence-corrected chi connectivity index (χ4v) is 0.603. The van der Waals surface area contributed by atoms with Crippen LogP contribution in [0, 0.1) is 0 Å². The summed E-state index contributed by atoms with van der Waals surface area (Å²) in [5.41, 5.74) is -0.265. The molecule has 0 atom stereocenters. The summed E-state index contributed by atoms with van der Waals surface area (Å²) in [6.07, 6.45) is 1.71. The first-order valence-electron chi connectivity index (χ1n) is 4.07. The van der Waals surface area contributed by atoms with Gasteiger partial charge in [0.25, 0.3) is 0 Å². The van der Waals surface area contributed by atoms with Gasteiger partial charge in [-0.3, -0.25) is 0 Å². The summed E-state index contributed by atoms with van der Waals surface area (Å²) in [4.78, 5) is 21.8. The highest BCUT2D eigenvalue weighted by molar-refractivity contribution is 6.13. The lowest BCUT2D eigenvalue weighted by Gasteiger charge is -2.04. The van der Waals surface area contributed by atoms with Gasteiger partial charge in [0.1, 0.15) is 5.57 Å². The molecule has 0 aromatic heterocycles. The van der Waals surface area contributed by atoms with Crippen molar-refractivity contribution in [1.82, 2.24) is 0 Å². The predicted molar refractivity (Wildman–Crippen MR) is 47.0 cm³/mol. The van der Waals surface area contributed by atoms with Crippen LogP contribution in [0.1, 0.15) is 19.8 Å². The van der Waals surface area contributed by atoms with E-state index in [9.17, 15) is 9.59 Å². The van der Waals surface area contributed by atoms with Crippen LogP contribution in [0.15, 0.2) is 12.2 Å². The maximum Gasteiger partial charge on any atom is 0.344 e. The van der Waals surface area contributed by atoms with Gasteiger partial charge < -0.3 is 9.47 Å². The van der Waals surface area contributed by atoms with Gasteiger partial charge >= 0.3 is 11.9 Å². The van der Waals surface area contributed by atoms with Crippen molar-refractivity contribution in [3.05, 3.63) is 12.2 Å². The molecule has 0 spiro atoms. The summed E-state index contributed by atoms with van der Waals surface area (Å²) in [6.45, 7) is 5.54. The van der Waals surface area contributed by atoms with Crippen molar-refractivity contribution in [2.24, 2.45) is 0 Å². The summed E-state index contributed by atoms with van der Waals surface area (Å²) in [5.74, 6) is -1.46. The van der Waals surface area contributed by atoms with Crippen molar-refractivity contribution < 1.29 is 19.1 Å². The van der Waals surface area contributed by atoms with Gasteiger partial charge in [0.15, 0.2) is 0 Å². The van der Waals surface area contributed by atoms with E-state index in [0.717, 1.165) is 12.8 Å². The molecule has 0 fully saturated rings. The van der Waals surface area contributed by atoms with Crippen LogP contribution in [0.3, 0.4) is 0 Å². The van der Waals surface area contributed by atoms with Gasteiger partial charge in [-0.05, 0) is 6.42 Å². The van der Waals surface area contributed by atoms with E-state index < -0.39 is 11.9 Å². The highest BCUT2D eigenvalue weighted by Crippen LogP contribution is 1.98. The average Bonchev–Trinajstić information content (AvgIpc) is 2.15. The standard InChI is InChI=1S/C9H14O4/c1-4-5-6-13-9(11)7(2)8(10)12-3/h2,4-6H2,1,3H3. The van der Waals surface area contributed by atoms with Gasteiger partial charge in [-0.15, -0.1) is 0 Å². The van der Waals surface area contributed by atoms with E-state index in [1.807, 2.05) is 6.92 Å². The second kappa shape index (κ2) is 6.22. The van der Waals surface area contributed by atoms with Gasteiger partial charge in [0, 0.05) is 0 Å². The molecule has 0 aromatic carbocycles. The first-order valence-corrected chi connectivity index (χ1v) is 4.07. The number of unbranched alkanes of at least 4 members (excludes halogenated alkanes) is 1. The second-order valence-electron chi connectivity index (χ2n) is 2.46. The third-order valence-corrected chi connectivity index (χ3v) is 1.41. The molecule has 0 unspecified atom stereocenters. The summed E-state index contributed by atoms with van der Waals surface area (Å²) in [5, 5.41) is 0. The Kier molecular flexibility index (Phi) is 5.59. The van der Waals surface area contributed by atoms with Crippen LogP contribution >= 0.6 is 0 Å². The van der Waals surface area contributed by atoms with E-state index in [2.05, 4.69) is 11.3 Å². The number of methoxy groups -OCH3 is 1. The molecular weight excluding hydrogens is 172 g/mol. The average molecular weight is 186 g/mol. The molecule has 0 saturated carbocycles. The third-order valence-electron chi connectivity index (χ3n) is 1.41. The van der Waals surface area contributed by atoms with E-state index in [1.54, 1.807) is 0 Å². The van der Waals surface area contributed by atoms with Crippen LogP contribution in [0.2, 0.25) is 0 Å². The zero-order valence-corrected chi connectivity index (χ0v) is 7.96. The van der Waals surface area contributed by atoms with E-state index in [1.165, 1.54) is 7.11 Å². The quantitative estimate of drug-likeness (QED) is 0.212. The van der Waals surface area contributed by atoms with Crippen LogP contribution in [0.5, 0.6) is 0 Å². The maximum absolute atomic E-state index is 11.0. The Bertz CT molecular complexity index is 208. The Labute approximate surface area is 77.5 Å². The minimum absolute atomic E-state index is 0.265. The summed E-state index contributed by atoms with van der Waals surface area (Å²) >= 11 is 0. The molecule has 0 amide bonds. The van der Waals surface area contributed by atoms with Crippen molar-refractivity contribution in [2.45, 2.75) is 19.8 Å². The predicted octanol–water partition coefficient (Wildman–Crippen LogP) is 1.06.